The Bertz CT molecular complexity index is 440. The lowest BCUT2D eigenvalue weighted by Gasteiger charge is -2.27. The fraction of sp³-hybridized carbons (Fsp3) is 0.867. The SMILES string of the molecule is CCC1CCNC(c2nc(C3(OC)CCCC3)no2)C1. The van der Waals surface area contributed by atoms with E-state index in [2.05, 4.69) is 22.4 Å². The number of rotatable bonds is 4. The molecule has 1 aliphatic carbocycles. The molecule has 2 heterocycles. The molecule has 0 radical (unpaired) electrons. The third-order valence-electron chi connectivity index (χ3n) is 5.04. The maximum Gasteiger partial charge on any atom is 0.243 e. The quantitative estimate of drug-likeness (QED) is 0.918. The zero-order chi connectivity index (χ0) is 14.0. The summed E-state index contributed by atoms with van der Waals surface area (Å²) in [5.74, 6) is 2.24. The van der Waals surface area contributed by atoms with Gasteiger partial charge < -0.3 is 14.6 Å². The molecule has 1 saturated heterocycles. The molecule has 2 atom stereocenters. The van der Waals surface area contributed by atoms with E-state index in [0.717, 1.165) is 43.4 Å². The standard InChI is InChI=1S/C15H25N3O2/c1-3-11-6-9-16-12(10-11)13-17-14(18-20-13)15(19-2)7-4-5-8-15/h11-12,16H,3-10H2,1-2H3. The first-order chi connectivity index (χ1) is 9.77. The Balaban J connectivity index is 1.76. The van der Waals surface area contributed by atoms with Gasteiger partial charge in [-0.1, -0.05) is 18.5 Å². The second kappa shape index (κ2) is 5.82. The molecule has 20 heavy (non-hydrogen) atoms. The van der Waals surface area contributed by atoms with Crippen LogP contribution in [0.3, 0.4) is 0 Å². The van der Waals surface area contributed by atoms with Gasteiger partial charge in [0.2, 0.25) is 11.7 Å². The fourth-order valence-electron chi connectivity index (χ4n) is 3.58. The molecule has 2 unspecified atom stereocenters. The second-order valence-corrected chi connectivity index (χ2v) is 6.17. The molecule has 2 fully saturated rings. The van der Waals surface area contributed by atoms with Crippen molar-refractivity contribution in [3.63, 3.8) is 0 Å². The first-order valence-electron chi connectivity index (χ1n) is 7.90. The summed E-state index contributed by atoms with van der Waals surface area (Å²) in [4.78, 5) is 4.66. The van der Waals surface area contributed by atoms with Gasteiger partial charge in [-0.3, -0.25) is 0 Å². The predicted octanol–water partition coefficient (Wildman–Crippen LogP) is 2.94. The molecule has 1 aromatic heterocycles. The van der Waals surface area contributed by atoms with Gasteiger partial charge in [-0.25, -0.2) is 0 Å². The van der Waals surface area contributed by atoms with Gasteiger partial charge >= 0.3 is 0 Å². The minimum Gasteiger partial charge on any atom is -0.370 e. The van der Waals surface area contributed by atoms with E-state index in [0.29, 0.717) is 0 Å². The van der Waals surface area contributed by atoms with Gasteiger partial charge in [-0.15, -0.1) is 0 Å². The van der Waals surface area contributed by atoms with Gasteiger partial charge in [0.1, 0.15) is 5.60 Å². The fourth-order valence-corrected chi connectivity index (χ4v) is 3.58. The number of piperidine rings is 1. The predicted molar refractivity (Wildman–Crippen MR) is 75.2 cm³/mol. The Morgan fingerprint density at radius 1 is 1.40 bits per heavy atom. The van der Waals surface area contributed by atoms with Crippen molar-refractivity contribution in [2.45, 2.75) is 63.5 Å². The number of methoxy groups -OCH3 is 1. The van der Waals surface area contributed by atoms with Crippen LogP contribution < -0.4 is 5.32 Å². The zero-order valence-electron chi connectivity index (χ0n) is 12.5. The monoisotopic (exact) mass is 279 g/mol. The van der Waals surface area contributed by atoms with E-state index in [-0.39, 0.29) is 11.6 Å². The van der Waals surface area contributed by atoms with Crippen molar-refractivity contribution in [3.8, 4) is 0 Å². The summed E-state index contributed by atoms with van der Waals surface area (Å²) in [6.07, 6.45) is 7.92. The van der Waals surface area contributed by atoms with Crippen LogP contribution in [0, 0.1) is 5.92 Å². The molecule has 5 heteroatoms. The summed E-state index contributed by atoms with van der Waals surface area (Å²) in [6.45, 7) is 3.29. The summed E-state index contributed by atoms with van der Waals surface area (Å²) < 4.78 is 11.3. The Kier molecular flexibility index (Phi) is 4.08. The highest BCUT2D eigenvalue weighted by Crippen LogP contribution is 2.40. The molecule has 3 rings (SSSR count). The van der Waals surface area contributed by atoms with Crippen LogP contribution in [0.1, 0.15) is 69.6 Å². The molecule has 1 saturated carbocycles. The Hall–Kier alpha value is -0.940. The highest BCUT2D eigenvalue weighted by Gasteiger charge is 2.41. The highest BCUT2D eigenvalue weighted by atomic mass is 16.5. The van der Waals surface area contributed by atoms with Crippen molar-refractivity contribution in [1.29, 1.82) is 0 Å². The minimum atomic E-state index is -0.305. The number of hydrogen-bond donors (Lipinski definition) is 1. The smallest absolute Gasteiger partial charge is 0.243 e. The van der Waals surface area contributed by atoms with Crippen molar-refractivity contribution in [1.82, 2.24) is 15.5 Å². The van der Waals surface area contributed by atoms with E-state index in [9.17, 15) is 0 Å². The Labute approximate surface area is 120 Å². The lowest BCUT2D eigenvalue weighted by Crippen LogP contribution is -2.32. The highest BCUT2D eigenvalue weighted by molar-refractivity contribution is 5.06. The zero-order valence-corrected chi connectivity index (χ0v) is 12.5. The normalized spacial score (nSPS) is 29.7. The van der Waals surface area contributed by atoms with Crippen LogP contribution in [0.2, 0.25) is 0 Å². The summed E-state index contributed by atoms with van der Waals surface area (Å²) in [6, 6.07) is 0.213. The van der Waals surface area contributed by atoms with E-state index in [1.807, 2.05) is 0 Å². The van der Waals surface area contributed by atoms with Crippen LogP contribution in [0.4, 0.5) is 0 Å². The van der Waals surface area contributed by atoms with E-state index >= 15 is 0 Å². The summed E-state index contributed by atoms with van der Waals surface area (Å²) in [7, 11) is 1.76. The maximum atomic E-state index is 5.72. The summed E-state index contributed by atoms with van der Waals surface area (Å²) in [5, 5.41) is 7.71. The van der Waals surface area contributed by atoms with Gasteiger partial charge in [0.15, 0.2) is 0 Å². The lowest BCUT2D eigenvalue weighted by molar-refractivity contribution is -0.0178. The van der Waals surface area contributed by atoms with Crippen molar-refractivity contribution in [2.75, 3.05) is 13.7 Å². The van der Waals surface area contributed by atoms with Crippen molar-refractivity contribution in [2.24, 2.45) is 5.92 Å². The van der Waals surface area contributed by atoms with Crippen molar-refractivity contribution < 1.29 is 9.26 Å². The average Bonchev–Trinajstić information content (AvgIpc) is 3.17. The Morgan fingerprint density at radius 3 is 2.90 bits per heavy atom. The third kappa shape index (κ3) is 2.49. The largest absolute Gasteiger partial charge is 0.370 e. The van der Waals surface area contributed by atoms with Crippen LogP contribution in [-0.4, -0.2) is 23.8 Å². The van der Waals surface area contributed by atoms with Crippen LogP contribution >= 0.6 is 0 Å². The molecule has 1 aliphatic heterocycles. The van der Waals surface area contributed by atoms with Crippen LogP contribution in [0.5, 0.6) is 0 Å². The number of nitrogens with one attached hydrogen (secondary N) is 1. The number of aromatic nitrogens is 2. The van der Waals surface area contributed by atoms with E-state index in [1.165, 1.54) is 25.7 Å². The molecule has 2 aliphatic rings. The first-order valence-corrected chi connectivity index (χ1v) is 7.90. The molecule has 5 nitrogen and oxygen atoms in total. The third-order valence-corrected chi connectivity index (χ3v) is 5.04. The minimum absolute atomic E-state index is 0.213. The van der Waals surface area contributed by atoms with Gasteiger partial charge in [-0.2, -0.15) is 4.98 Å². The molecular weight excluding hydrogens is 254 g/mol. The van der Waals surface area contributed by atoms with Crippen LogP contribution in [-0.2, 0) is 10.3 Å². The van der Waals surface area contributed by atoms with Crippen molar-refractivity contribution in [3.05, 3.63) is 11.7 Å². The summed E-state index contributed by atoms with van der Waals surface area (Å²) in [5.41, 5.74) is -0.305. The molecule has 1 aromatic rings. The molecule has 0 bridgehead atoms. The number of hydrogen-bond acceptors (Lipinski definition) is 5. The van der Waals surface area contributed by atoms with Gasteiger partial charge in [0.05, 0.1) is 6.04 Å². The van der Waals surface area contributed by atoms with E-state index in [1.54, 1.807) is 7.11 Å². The van der Waals surface area contributed by atoms with E-state index in [4.69, 9.17) is 9.26 Å². The lowest BCUT2D eigenvalue weighted by atomic mass is 9.90. The topological polar surface area (TPSA) is 60.2 Å². The Morgan fingerprint density at radius 2 is 2.20 bits per heavy atom. The molecule has 1 N–H and O–H groups in total. The number of ether oxygens (including phenoxy) is 1. The van der Waals surface area contributed by atoms with Gasteiger partial charge in [0, 0.05) is 7.11 Å². The summed E-state index contributed by atoms with van der Waals surface area (Å²) >= 11 is 0. The first kappa shape index (κ1) is 14.0. The maximum absolute atomic E-state index is 5.72. The molecule has 0 spiro atoms. The van der Waals surface area contributed by atoms with Crippen molar-refractivity contribution >= 4 is 0 Å². The average molecular weight is 279 g/mol. The molecular formula is C15H25N3O2. The van der Waals surface area contributed by atoms with Gasteiger partial charge in [-0.05, 0) is 51.0 Å². The second-order valence-electron chi connectivity index (χ2n) is 6.17. The van der Waals surface area contributed by atoms with Crippen LogP contribution in [0.15, 0.2) is 4.52 Å². The molecule has 112 valence electrons. The molecule has 0 amide bonds. The number of nitrogens with zero attached hydrogens (tertiary/aromatic N) is 2. The molecule has 0 aromatic carbocycles. The van der Waals surface area contributed by atoms with E-state index < -0.39 is 0 Å². The van der Waals surface area contributed by atoms with Crippen LogP contribution in [0.25, 0.3) is 0 Å². The van der Waals surface area contributed by atoms with Gasteiger partial charge in [0.25, 0.3) is 0 Å².